The molecular formula is C20H27NO4. The Labute approximate surface area is 148 Å². The predicted octanol–water partition coefficient (Wildman–Crippen LogP) is 3.12. The highest BCUT2D eigenvalue weighted by atomic mass is 16.5. The van der Waals surface area contributed by atoms with Crippen LogP contribution >= 0.6 is 0 Å². The van der Waals surface area contributed by atoms with Gasteiger partial charge in [-0.05, 0) is 44.6 Å². The minimum Gasteiger partial charge on any atom is -0.496 e. The van der Waals surface area contributed by atoms with Gasteiger partial charge in [0.2, 0.25) is 5.91 Å². The minimum atomic E-state index is -0.733. The second kappa shape index (κ2) is 7.46. The third kappa shape index (κ3) is 3.65. The fraction of sp³-hybridized carbons (Fsp3) is 0.600. The maximum Gasteiger partial charge on any atom is 0.306 e. The average molecular weight is 345 g/mol. The number of carboxylic acid groups (broad SMARTS) is 1. The molecule has 0 atom stereocenters. The number of aliphatic carboxylic acids is 1. The number of methoxy groups -OCH3 is 1. The summed E-state index contributed by atoms with van der Waals surface area (Å²) in [5.41, 5.74) is 1.15. The summed E-state index contributed by atoms with van der Waals surface area (Å²) in [5, 5.41) is 12.2. The molecule has 1 aromatic carbocycles. The zero-order valence-corrected chi connectivity index (χ0v) is 14.8. The molecule has 0 bridgehead atoms. The van der Waals surface area contributed by atoms with Crippen LogP contribution in [0.1, 0.15) is 50.5 Å². The van der Waals surface area contributed by atoms with E-state index in [9.17, 15) is 9.59 Å². The first-order chi connectivity index (χ1) is 12.1. The molecule has 2 N–H and O–H groups in total. The van der Waals surface area contributed by atoms with Crippen molar-refractivity contribution in [2.45, 2.75) is 50.4 Å². The van der Waals surface area contributed by atoms with Crippen LogP contribution in [0.15, 0.2) is 24.3 Å². The van der Waals surface area contributed by atoms with Gasteiger partial charge in [-0.15, -0.1) is 0 Å². The molecule has 0 aliphatic heterocycles. The van der Waals surface area contributed by atoms with Crippen LogP contribution in [-0.2, 0) is 15.0 Å². The van der Waals surface area contributed by atoms with Crippen molar-refractivity contribution < 1.29 is 19.4 Å². The highest BCUT2D eigenvalue weighted by Crippen LogP contribution is 2.46. The topological polar surface area (TPSA) is 75.6 Å². The molecule has 5 nitrogen and oxygen atoms in total. The van der Waals surface area contributed by atoms with Gasteiger partial charge in [-0.25, -0.2) is 0 Å². The normalized spacial score (nSPS) is 24.8. The number of amides is 1. The first-order valence-electron chi connectivity index (χ1n) is 9.20. The third-order valence-electron chi connectivity index (χ3n) is 6.04. The van der Waals surface area contributed by atoms with Gasteiger partial charge in [0.25, 0.3) is 0 Å². The van der Waals surface area contributed by atoms with E-state index in [1.54, 1.807) is 7.11 Å². The number of carboxylic acids is 1. The Hall–Kier alpha value is -2.04. The maximum atomic E-state index is 12.6. The standard InChI is InChI=1S/C20H27NO4/c1-25-17-6-3-2-5-16(17)20(11-4-12-20)13-21-18(22)14-7-9-15(10-8-14)19(23)24/h2-3,5-6,14-15H,4,7-13H2,1H3,(H,21,22)(H,23,24). The van der Waals surface area contributed by atoms with Gasteiger partial charge < -0.3 is 15.2 Å². The number of carbonyl (C=O) groups is 2. The Morgan fingerprint density at radius 2 is 1.80 bits per heavy atom. The summed E-state index contributed by atoms with van der Waals surface area (Å²) < 4.78 is 5.52. The summed E-state index contributed by atoms with van der Waals surface area (Å²) in [7, 11) is 1.69. The molecule has 1 amide bonds. The molecule has 5 heteroatoms. The van der Waals surface area contributed by atoms with Gasteiger partial charge in [0.05, 0.1) is 13.0 Å². The quantitative estimate of drug-likeness (QED) is 0.830. The predicted molar refractivity (Wildman–Crippen MR) is 94.6 cm³/mol. The summed E-state index contributed by atoms with van der Waals surface area (Å²) in [5.74, 6) is -0.104. The molecule has 0 aromatic heterocycles. The zero-order chi connectivity index (χ0) is 17.9. The van der Waals surface area contributed by atoms with Crippen LogP contribution in [0.25, 0.3) is 0 Å². The first kappa shape index (κ1) is 17.8. The number of benzene rings is 1. The van der Waals surface area contributed by atoms with E-state index in [-0.39, 0.29) is 23.2 Å². The minimum absolute atomic E-state index is 0.0273. The molecule has 2 fully saturated rings. The fourth-order valence-electron chi connectivity index (χ4n) is 4.23. The monoisotopic (exact) mass is 345 g/mol. The molecule has 0 heterocycles. The second-order valence-corrected chi connectivity index (χ2v) is 7.44. The molecule has 3 rings (SSSR count). The van der Waals surface area contributed by atoms with Gasteiger partial charge >= 0.3 is 5.97 Å². The third-order valence-corrected chi connectivity index (χ3v) is 6.04. The first-order valence-corrected chi connectivity index (χ1v) is 9.20. The van der Waals surface area contributed by atoms with Crippen molar-refractivity contribution in [1.82, 2.24) is 5.32 Å². The average Bonchev–Trinajstić information content (AvgIpc) is 2.61. The van der Waals surface area contributed by atoms with Crippen molar-refractivity contribution in [3.8, 4) is 5.75 Å². The lowest BCUT2D eigenvalue weighted by molar-refractivity contribution is -0.144. The van der Waals surface area contributed by atoms with Gasteiger partial charge in [-0.2, -0.15) is 0 Å². The molecule has 0 spiro atoms. The van der Waals surface area contributed by atoms with Crippen molar-refractivity contribution in [1.29, 1.82) is 0 Å². The highest BCUT2D eigenvalue weighted by molar-refractivity contribution is 5.79. The van der Waals surface area contributed by atoms with E-state index in [0.717, 1.165) is 25.0 Å². The molecule has 136 valence electrons. The van der Waals surface area contributed by atoms with Gasteiger partial charge in [-0.3, -0.25) is 9.59 Å². The smallest absolute Gasteiger partial charge is 0.306 e. The Bertz CT molecular complexity index is 630. The molecule has 25 heavy (non-hydrogen) atoms. The van der Waals surface area contributed by atoms with E-state index < -0.39 is 5.97 Å². The number of rotatable bonds is 6. The summed E-state index contributed by atoms with van der Waals surface area (Å²) in [4.78, 5) is 23.6. The molecule has 1 aromatic rings. The lowest BCUT2D eigenvalue weighted by Crippen LogP contribution is -2.47. The fourth-order valence-corrected chi connectivity index (χ4v) is 4.23. The van der Waals surface area contributed by atoms with E-state index in [1.807, 2.05) is 18.2 Å². The Kier molecular flexibility index (Phi) is 5.30. The number of nitrogens with one attached hydrogen (secondary N) is 1. The van der Waals surface area contributed by atoms with Gasteiger partial charge in [0, 0.05) is 23.4 Å². The summed E-state index contributed by atoms with van der Waals surface area (Å²) >= 11 is 0. The van der Waals surface area contributed by atoms with Crippen LogP contribution in [0, 0.1) is 11.8 Å². The molecule has 2 aliphatic carbocycles. The van der Waals surface area contributed by atoms with Crippen molar-refractivity contribution in [3.63, 3.8) is 0 Å². The lowest BCUT2D eigenvalue weighted by atomic mass is 9.64. The van der Waals surface area contributed by atoms with Crippen LogP contribution in [-0.4, -0.2) is 30.6 Å². The number of hydrogen-bond donors (Lipinski definition) is 2. The number of ether oxygens (including phenoxy) is 1. The number of para-hydroxylation sites is 1. The molecule has 0 radical (unpaired) electrons. The van der Waals surface area contributed by atoms with Crippen LogP contribution in [0.2, 0.25) is 0 Å². The van der Waals surface area contributed by atoms with Gasteiger partial charge in [0.15, 0.2) is 0 Å². The highest BCUT2D eigenvalue weighted by Gasteiger charge is 2.41. The Morgan fingerprint density at radius 3 is 2.36 bits per heavy atom. The van der Waals surface area contributed by atoms with Crippen LogP contribution in [0.3, 0.4) is 0 Å². The van der Waals surface area contributed by atoms with E-state index in [1.165, 1.54) is 5.56 Å². The lowest BCUT2D eigenvalue weighted by Gasteiger charge is -2.43. The van der Waals surface area contributed by atoms with Crippen LogP contribution in [0.5, 0.6) is 5.75 Å². The largest absolute Gasteiger partial charge is 0.496 e. The van der Waals surface area contributed by atoms with Crippen molar-refractivity contribution in [3.05, 3.63) is 29.8 Å². The maximum absolute atomic E-state index is 12.6. The van der Waals surface area contributed by atoms with E-state index >= 15 is 0 Å². The number of carbonyl (C=O) groups excluding carboxylic acids is 1. The van der Waals surface area contributed by atoms with Gasteiger partial charge in [0.1, 0.15) is 5.75 Å². The van der Waals surface area contributed by atoms with Crippen LogP contribution in [0.4, 0.5) is 0 Å². The SMILES string of the molecule is COc1ccccc1C1(CNC(=O)C2CCC(C(=O)O)CC2)CCC1. The Balaban J connectivity index is 1.60. The molecule has 0 unspecified atom stereocenters. The molecule has 2 saturated carbocycles. The molecular weight excluding hydrogens is 318 g/mol. The van der Waals surface area contributed by atoms with Crippen molar-refractivity contribution in [2.24, 2.45) is 11.8 Å². The molecule has 2 aliphatic rings. The van der Waals surface area contributed by atoms with E-state index in [0.29, 0.717) is 32.2 Å². The van der Waals surface area contributed by atoms with Crippen molar-refractivity contribution in [2.75, 3.05) is 13.7 Å². The zero-order valence-electron chi connectivity index (χ0n) is 14.8. The van der Waals surface area contributed by atoms with Crippen LogP contribution < -0.4 is 10.1 Å². The van der Waals surface area contributed by atoms with E-state index in [4.69, 9.17) is 9.84 Å². The second-order valence-electron chi connectivity index (χ2n) is 7.44. The summed E-state index contributed by atoms with van der Waals surface area (Å²) in [6.45, 7) is 0.630. The Morgan fingerprint density at radius 1 is 1.16 bits per heavy atom. The van der Waals surface area contributed by atoms with Gasteiger partial charge in [-0.1, -0.05) is 24.6 Å². The number of hydrogen-bond acceptors (Lipinski definition) is 3. The molecule has 0 saturated heterocycles. The van der Waals surface area contributed by atoms with E-state index in [2.05, 4.69) is 11.4 Å². The summed E-state index contributed by atoms with van der Waals surface area (Å²) in [6, 6.07) is 8.06. The van der Waals surface area contributed by atoms with Crippen molar-refractivity contribution >= 4 is 11.9 Å². The summed E-state index contributed by atoms with van der Waals surface area (Å²) in [6.07, 6.45) is 5.82.